The second-order valence-electron chi connectivity index (χ2n) is 5.84. The molecule has 0 bridgehead atoms. The minimum atomic E-state index is -0.0221. The number of hydrogen-bond donors (Lipinski definition) is 1. The molecular weight excluding hydrogens is 312 g/mol. The zero-order chi connectivity index (χ0) is 15.1. The summed E-state index contributed by atoms with van der Waals surface area (Å²) in [6.07, 6.45) is 3.29. The van der Waals surface area contributed by atoms with Gasteiger partial charge >= 0.3 is 0 Å². The van der Waals surface area contributed by atoms with Crippen LogP contribution in [0.3, 0.4) is 0 Å². The number of anilines is 1. The van der Waals surface area contributed by atoms with Gasteiger partial charge in [0.25, 0.3) is 5.91 Å². The highest BCUT2D eigenvalue weighted by atomic mass is 32.1. The number of carbonyl (C=O) groups excluding carboxylic acids is 1. The highest BCUT2D eigenvalue weighted by Crippen LogP contribution is 2.33. The molecule has 0 fully saturated rings. The maximum Gasteiger partial charge on any atom is 0.258 e. The fourth-order valence-corrected chi connectivity index (χ4v) is 5.06. The number of amides is 1. The van der Waals surface area contributed by atoms with Crippen molar-refractivity contribution in [2.24, 2.45) is 5.92 Å². The molecule has 0 saturated heterocycles. The van der Waals surface area contributed by atoms with Crippen molar-refractivity contribution in [3.05, 3.63) is 45.6 Å². The predicted octanol–water partition coefficient (Wildman–Crippen LogP) is 4.73. The van der Waals surface area contributed by atoms with E-state index in [0.717, 1.165) is 34.5 Å². The third-order valence-corrected chi connectivity index (χ3v) is 6.16. The maximum absolute atomic E-state index is 12.6. The number of fused-ring (bicyclic) bond motifs is 2. The van der Waals surface area contributed by atoms with Crippen molar-refractivity contribution in [2.75, 3.05) is 5.32 Å². The van der Waals surface area contributed by atoms with Crippen molar-refractivity contribution < 1.29 is 4.79 Å². The number of nitrogens with zero attached hydrogens (tertiary/aromatic N) is 1. The molecule has 1 atom stereocenters. The van der Waals surface area contributed by atoms with Crippen LogP contribution < -0.4 is 5.32 Å². The minimum Gasteiger partial charge on any atom is -0.298 e. The van der Waals surface area contributed by atoms with Gasteiger partial charge in [0.1, 0.15) is 0 Å². The lowest BCUT2D eigenvalue weighted by Gasteiger charge is -2.18. The molecule has 1 unspecified atom stereocenters. The molecule has 2 aromatic heterocycles. The average molecular weight is 328 g/mol. The van der Waals surface area contributed by atoms with Gasteiger partial charge in [-0.15, -0.1) is 11.3 Å². The first-order valence-corrected chi connectivity index (χ1v) is 9.16. The van der Waals surface area contributed by atoms with Crippen molar-refractivity contribution in [3.63, 3.8) is 0 Å². The minimum absolute atomic E-state index is 0.0221. The summed E-state index contributed by atoms with van der Waals surface area (Å²) in [7, 11) is 0. The van der Waals surface area contributed by atoms with Crippen LogP contribution in [0.4, 0.5) is 5.13 Å². The normalized spacial score (nSPS) is 17.4. The number of aromatic nitrogens is 1. The Balaban J connectivity index is 1.60. The van der Waals surface area contributed by atoms with Gasteiger partial charge in [-0.05, 0) is 42.9 Å². The van der Waals surface area contributed by atoms with E-state index < -0.39 is 0 Å². The molecule has 1 amide bonds. The van der Waals surface area contributed by atoms with Gasteiger partial charge in [-0.3, -0.25) is 10.1 Å². The van der Waals surface area contributed by atoms with Crippen molar-refractivity contribution >= 4 is 43.9 Å². The zero-order valence-electron chi connectivity index (χ0n) is 12.3. The molecule has 0 radical (unpaired) electrons. The molecule has 1 aliphatic carbocycles. The molecule has 0 saturated carbocycles. The topological polar surface area (TPSA) is 42.0 Å². The molecule has 112 valence electrons. The van der Waals surface area contributed by atoms with Gasteiger partial charge in [0.2, 0.25) is 0 Å². The molecule has 1 aliphatic rings. The van der Waals surface area contributed by atoms with E-state index in [1.807, 2.05) is 29.6 Å². The van der Waals surface area contributed by atoms with E-state index in [4.69, 9.17) is 0 Å². The molecule has 4 rings (SSSR count). The van der Waals surface area contributed by atoms with E-state index in [-0.39, 0.29) is 5.91 Å². The number of thiazole rings is 1. The predicted molar refractivity (Wildman–Crippen MR) is 93.1 cm³/mol. The summed E-state index contributed by atoms with van der Waals surface area (Å²) in [5.74, 6) is 0.706. The molecule has 0 aliphatic heterocycles. The van der Waals surface area contributed by atoms with Crippen LogP contribution in [-0.2, 0) is 12.8 Å². The zero-order valence-corrected chi connectivity index (χ0v) is 13.9. The van der Waals surface area contributed by atoms with Crippen LogP contribution in [0.15, 0.2) is 29.6 Å². The molecule has 3 nitrogen and oxygen atoms in total. The summed E-state index contributed by atoms with van der Waals surface area (Å²) in [6, 6.07) is 7.94. The third kappa shape index (κ3) is 2.44. The number of carbonyl (C=O) groups is 1. The number of benzene rings is 1. The Morgan fingerprint density at radius 1 is 1.36 bits per heavy atom. The van der Waals surface area contributed by atoms with Crippen LogP contribution in [0.5, 0.6) is 0 Å². The molecule has 0 spiro atoms. The van der Waals surface area contributed by atoms with Crippen molar-refractivity contribution in [1.82, 2.24) is 4.98 Å². The monoisotopic (exact) mass is 328 g/mol. The number of nitrogens with one attached hydrogen (secondary N) is 1. The third-order valence-electron chi connectivity index (χ3n) is 4.16. The van der Waals surface area contributed by atoms with Gasteiger partial charge in [-0.1, -0.05) is 30.4 Å². The van der Waals surface area contributed by atoms with E-state index in [9.17, 15) is 4.79 Å². The summed E-state index contributed by atoms with van der Waals surface area (Å²) in [6.45, 7) is 2.28. The Morgan fingerprint density at radius 2 is 2.23 bits per heavy atom. The summed E-state index contributed by atoms with van der Waals surface area (Å²) >= 11 is 3.24. The van der Waals surface area contributed by atoms with Gasteiger partial charge < -0.3 is 0 Å². The van der Waals surface area contributed by atoms with Gasteiger partial charge in [0.05, 0.1) is 15.8 Å². The van der Waals surface area contributed by atoms with E-state index >= 15 is 0 Å². The van der Waals surface area contributed by atoms with Gasteiger partial charge in [-0.25, -0.2) is 4.98 Å². The van der Waals surface area contributed by atoms with E-state index in [1.54, 1.807) is 11.3 Å². The van der Waals surface area contributed by atoms with Crippen LogP contribution >= 0.6 is 22.7 Å². The standard InChI is InChI=1S/C17H16N2OS2/c1-10-6-7-11-12(9-21-15(11)8-10)16(20)19-17-18-13-4-2-3-5-14(13)22-17/h2-5,9-10H,6-8H2,1H3,(H,18,19,20). The van der Waals surface area contributed by atoms with Crippen LogP contribution in [0.1, 0.15) is 34.1 Å². The summed E-state index contributed by atoms with van der Waals surface area (Å²) < 4.78 is 1.10. The van der Waals surface area contributed by atoms with Crippen LogP contribution in [-0.4, -0.2) is 10.9 Å². The van der Waals surface area contributed by atoms with E-state index in [2.05, 4.69) is 17.2 Å². The fourth-order valence-electron chi connectivity index (χ4n) is 2.96. The second-order valence-corrected chi connectivity index (χ2v) is 7.83. The lowest BCUT2D eigenvalue weighted by Crippen LogP contribution is -2.16. The number of hydrogen-bond acceptors (Lipinski definition) is 4. The molecule has 5 heteroatoms. The SMILES string of the molecule is CC1CCc2c(C(=O)Nc3nc4ccccc4s3)csc2C1. The van der Waals surface area contributed by atoms with Gasteiger partial charge in [-0.2, -0.15) is 0 Å². The van der Waals surface area contributed by atoms with E-state index in [1.165, 1.54) is 28.2 Å². The first kappa shape index (κ1) is 13.9. The van der Waals surface area contributed by atoms with Gasteiger partial charge in [0.15, 0.2) is 5.13 Å². The summed E-state index contributed by atoms with van der Waals surface area (Å²) in [5.41, 5.74) is 3.02. The Labute approximate surface area is 137 Å². The van der Waals surface area contributed by atoms with Crippen molar-refractivity contribution in [2.45, 2.75) is 26.2 Å². The molecule has 1 aromatic carbocycles. The first-order valence-electron chi connectivity index (χ1n) is 7.47. The molecule has 2 heterocycles. The van der Waals surface area contributed by atoms with Crippen molar-refractivity contribution in [1.29, 1.82) is 0 Å². The van der Waals surface area contributed by atoms with Crippen LogP contribution in [0.2, 0.25) is 0 Å². The second kappa shape index (κ2) is 5.48. The molecule has 3 aromatic rings. The number of rotatable bonds is 2. The maximum atomic E-state index is 12.6. The average Bonchev–Trinajstić information content (AvgIpc) is 3.09. The van der Waals surface area contributed by atoms with Crippen LogP contribution in [0, 0.1) is 5.92 Å². The largest absolute Gasteiger partial charge is 0.298 e. The summed E-state index contributed by atoms with van der Waals surface area (Å²) in [4.78, 5) is 18.4. The quantitative estimate of drug-likeness (QED) is 0.738. The molecule has 22 heavy (non-hydrogen) atoms. The Kier molecular flexibility index (Phi) is 3.47. The van der Waals surface area contributed by atoms with E-state index in [0.29, 0.717) is 5.13 Å². The Bertz CT molecular complexity index is 816. The Hall–Kier alpha value is -1.72. The Morgan fingerprint density at radius 3 is 3.09 bits per heavy atom. The summed E-state index contributed by atoms with van der Waals surface area (Å²) in [5, 5.41) is 5.65. The van der Waals surface area contributed by atoms with Crippen molar-refractivity contribution in [3.8, 4) is 0 Å². The molecule has 1 N–H and O–H groups in total. The fraction of sp³-hybridized carbons (Fsp3) is 0.294. The smallest absolute Gasteiger partial charge is 0.258 e. The lowest BCUT2D eigenvalue weighted by atomic mass is 9.88. The lowest BCUT2D eigenvalue weighted by molar-refractivity contribution is 0.102. The number of para-hydroxylation sites is 1. The highest BCUT2D eigenvalue weighted by molar-refractivity contribution is 7.22. The number of thiophene rings is 1. The van der Waals surface area contributed by atoms with Crippen LogP contribution in [0.25, 0.3) is 10.2 Å². The van der Waals surface area contributed by atoms with Gasteiger partial charge in [0, 0.05) is 10.3 Å². The highest BCUT2D eigenvalue weighted by Gasteiger charge is 2.23. The first-order chi connectivity index (χ1) is 10.7. The molecular formula is C17H16N2OS2.